The van der Waals surface area contributed by atoms with E-state index >= 15 is 0 Å². The Morgan fingerprint density at radius 3 is 2.43 bits per heavy atom. The van der Waals surface area contributed by atoms with E-state index in [9.17, 15) is 14.9 Å². The van der Waals surface area contributed by atoms with E-state index < -0.39 is 4.92 Å². The molecule has 0 saturated carbocycles. The van der Waals surface area contributed by atoms with Crippen molar-refractivity contribution in [3.8, 4) is 0 Å². The zero-order valence-corrected chi connectivity index (χ0v) is 16.4. The van der Waals surface area contributed by atoms with Crippen LogP contribution in [0.2, 0.25) is 5.02 Å². The zero-order valence-electron chi connectivity index (χ0n) is 15.7. The minimum Gasteiger partial charge on any atom is -0.319 e. The summed E-state index contributed by atoms with van der Waals surface area (Å²) < 4.78 is 0. The molecule has 8 heteroatoms. The van der Waals surface area contributed by atoms with Gasteiger partial charge in [-0.05, 0) is 30.7 Å². The number of benzene rings is 2. The molecule has 2 aromatic carbocycles. The van der Waals surface area contributed by atoms with Crippen molar-refractivity contribution < 1.29 is 9.72 Å². The molecule has 28 heavy (non-hydrogen) atoms. The van der Waals surface area contributed by atoms with Gasteiger partial charge in [-0.1, -0.05) is 35.9 Å². The highest BCUT2D eigenvalue weighted by molar-refractivity contribution is 6.30. The van der Waals surface area contributed by atoms with Crippen LogP contribution in [0.5, 0.6) is 0 Å². The minimum atomic E-state index is -0.490. The van der Waals surface area contributed by atoms with Gasteiger partial charge in [-0.2, -0.15) is 0 Å². The lowest BCUT2D eigenvalue weighted by Gasteiger charge is -2.37. The summed E-state index contributed by atoms with van der Waals surface area (Å²) in [4.78, 5) is 27.6. The monoisotopic (exact) mass is 402 g/mol. The largest absolute Gasteiger partial charge is 0.319 e. The Morgan fingerprint density at radius 2 is 1.79 bits per heavy atom. The van der Waals surface area contributed by atoms with Gasteiger partial charge in [0.1, 0.15) is 5.69 Å². The molecule has 1 atom stereocenters. The average Bonchev–Trinajstić information content (AvgIpc) is 2.70. The van der Waals surface area contributed by atoms with Gasteiger partial charge in [0, 0.05) is 43.8 Å². The van der Waals surface area contributed by atoms with Crippen molar-refractivity contribution in [1.82, 2.24) is 9.80 Å². The second-order valence-electron chi connectivity index (χ2n) is 6.88. The molecule has 1 N–H and O–H groups in total. The Hall–Kier alpha value is -2.48. The van der Waals surface area contributed by atoms with Crippen LogP contribution in [-0.4, -0.2) is 52.9 Å². The van der Waals surface area contributed by atoms with E-state index in [0.29, 0.717) is 0 Å². The Kier molecular flexibility index (Phi) is 6.61. The lowest BCUT2D eigenvalue weighted by molar-refractivity contribution is -0.383. The Bertz CT molecular complexity index is 836. The molecule has 1 aliphatic rings. The highest BCUT2D eigenvalue weighted by Gasteiger charge is 2.27. The number of nitrogens with zero attached hydrogens (tertiary/aromatic N) is 3. The van der Waals surface area contributed by atoms with Crippen LogP contribution in [0.3, 0.4) is 0 Å². The van der Waals surface area contributed by atoms with E-state index in [1.165, 1.54) is 11.6 Å². The lowest BCUT2D eigenvalue weighted by Crippen LogP contribution is -2.52. The Labute approximate surface area is 169 Å². The number of hydrogen-bond donors (Lipinski definition) is 1. The molecule has 0 radical (unpaired) electrons. The van der Waals surface area contributed by atoms with Crippen molar-refractivity contribution in [3.05, 3.63) is 69.2 Å². The van der Waals surface area contributed by atoms with Crippen molar-refractivity contribution >= 4 is 28.9 Å². The van der Waals surface area contributed by atoms with Crippen molar-refractivity contribution in [1.29, 1.82) is 0 Å². The van der Waals surface area contributed by atoms with Crippen LogP contribution in [-0.2, 0) is 11.3 Å². The molecule has 1 amide bonds. The van der Waals surface area contributed by atoms with Gasteiger partial charge in [0.2, 0.25) is 5.91 Å². The number of carbonyl (C=O) groups excluding carboxylic acids is 1. The Morgan fingerprint density at radius 1 is 1.14 bits per heavy atom. The fraction of sp³-hybridized carbons (Fsp3) is 0.350. The average molecular weight is 403 g/mol. The number of nitro groups is 1. The van der Waals surface area contributed by atoms with Gasteiger partial charge in [-0.25, -0.2) is 0 Å². The smallest absolute Gasteiger partial charge is 0.292 e. The van der Waals surface area contributed by atoms with Gasteiger partial charge in [-0.15, -0.1) is 0 Å². The molecule has 1 fully saturated rings. The molecule has 1 heterocycles. The fourth-order valence-corrected chi connectivity index (χ4v) is 3.42. The third-order valence-electron chi connectivity index (χ3n) is 5.01. The summed E-state index contributed by atoms with van der Waals surface area (Å²) in [5.74, 6) is -0.236. The molecule has 7 nitrogen and oxygen atoms in total. The summed E-state index contributed by atoms with van der Waals surface area (Å²) in [7, 11) is 0. The van der Waals surface area contributed by atoms with Crippen LogP contribution < -0.4 is 5.32 Å². The van der Waals surface area contributed by atoms with Crippen molar-refractivity contribution in [2.75, 3.05) is 31.5 Å². The molecule has 0 aromatic heterocycles. The fourth-order valence-electron chi connectivity index (χ4n) is 3.30. The number of piperazine rings is 1. The standard InChI is InChI=1S/C20H23ClN4O3/c1-15(20(26)22-18-4-2-3-5-19(18)25(27)28)24-12-10-23(11-13-24)14-16-6-8-17(21)9-7-16/h2-9,15H,10-14H2,1H3,(H,22,26). The van der Waals surface area contributed by atoms with E-state index in [4.69, 9.17) is 11.6 Å². The predicted octanol–water partition coefficient (Wildman–Crippen LogP) is 3.39. The number of carbonyl (C=O) groups is 1. The molecule has 3 rings (SSSR count). The SMILES string of the molecule is CC(C(=O)Nc1ccccc1[N+](=O)[O-])N1CCN(Cc2ccc(Cl)cc2)CC1. The summed E-state index contributed by atoms with van der Waals surface area (Å²) in [5.41, 5.74) is 1.33. The predicted molar refractivity (Wildman–Crippen MR) is 109 cm³/mol. The van der Waals surface area contributed by atoms with Crippen molar-refractivity contribution in [3.63, 3.8) is 0 Å². The van der Waals surface area contributed by atoms with Crippen LogP contribution in [0.15, 0.2) is 48.5 Å². The maximum absolute atomic E-state index is 12.6. The molecule has 1 saturated heterocycles. The summed E-state index contributed by atoms with van der Waals surface area (Å²) >= 11 is 5.93. The second-order valence-corrected chi connectivity index (χ2v) is 7.31. The zero-order chi connectivity index (χ0) is 20.1. The number of para-hydroxylation sites is 2. The molecule has 2 aromatic rings. The van der Waals surface area contributed by atoms with E-state index in [1.54, 1.807) is 18.2 Å². The first-order chi connectivity index (χ1) is 13.4. The van der Waals surface area contributed by atoms with E-state index in [1.807, 2.05) is 31.2 Å². The van der Waals surface area contributed by atoms with E-state index in [-0.39, 0.29) is 23.3 Å². The summed E-state index contributed by atoms with van der Waals surface area (Å²) in [5, 5.41) is 14.5. The lowest BCUT2D eigenvalue weighted by atomic mass is 10.1. The van der Waals surface area contributed by atoms with Crippen LogP contribution in [0.1, 0.15) is 12.5 Å². The second kappa shape index (κ2) is 9.14. The topological polar surface area (TPSA) is 78.7 Å². The first kappa shape index (κ1) is 20.3. The van der Waals surface area contributed by atoms with Crippen molar-refractivity contribution in [2.24, 2.45) is 0 Å². The van der Waals surface area contributed by atoms with Crippen LogP contribution in [0, 0.1) is 10.1 Å². The number of nitrogens with one attached hydrogen (secondary N) is 1. The molecule has 0 bridgehead atoms. The van der Waals surface area contributed by atoms with Gasteiger partial charge < -0.3 is 5.32 Å². The molecule has 1 unspecified atom stereocenters. The third-order valence-corrected chi connectivity index (χ3v) is 5.26. The number of rotatable bonds is 6. The van der Waals surface area contributed by atoms with Crippen molar-refractivity contribution in [2.45, 2.75) is 19.5 Å². The van der Waals surface area contributed by atoms with E-state index in [0.717, 1.165) is 37.7 Å². The first-order valence-corrected chi connectivity index (χ1v) is 9.57. The van der Waals surface area contributed by atoms with E-state index in [2.05, 4.69) is 15.1 Å². The molecular weight excluding hydrogens is 380 g/mol. The van der Waals surface area contributed by atoms with Crippen LogP contribution in [0.4, 0.5) is 11.4 Å². The van der Waals surface area contributed by atoms with Gasteiger partial charge in [0.05, 0.1) is 11.0 Å². The Balaban J connectivity index is 1.53. The normalized spacial score (nSPS) is 16.5. The highest BCUT2D eigenvalue weighted by Crippen LogP contribution is 2.23. The third kappa shape index (κ3) is 5.07. The van der Waals surface area contributed by atoms with Crippen LogP contribution >= 0.6 is 11.6 Å². The van der Waals surface area contributed by atoms with Gasteiger partial charge in [0.25, 0.3) is 5.69 Å². The summed E-state index contributed by atoms with van der Waals surface area (Å²) in [6, 6.07) is 13.7. The quantitative estimate of drug-likeness (QED) is 0.591. The number of amides is 1. The molecule has 0 spiro atoms. The number of halogens is 1. The van der Waals surface area contributed by atoms with Gasteiger partial charge in [0.15, 0.2) is 0 Å². The first-order valence-electron chi connectivity index (χ1n) is 9.19. The highest BCUT2D eigenvalue weighted by atomic mass is 35.5. The molecular formula is C20H23ClN4O3. The molecule has 1 aliphatic heterocycles. The molecule has 148 valence electrons. The summed E-state index contributed by atoms with van der Waals surface area (Å²) in [6.45, 7) is 5.91. The number of hydrogen-bond acceptors (Lipinski definition) is 5. The van der Waals surface area contributed by atoms with Crippen LogP contribution in [0.25, 0.3) is 0 Å². The molecule has 0 aliphatic carbocycles. The van der Waals surface area contributed by atoms with Gasteiger partial charge in [-0.3, -0.25) is 24.7 Å². The minimum absolute atomic E-state index is 0.101. The van der Waals surface area contributed by atoms with Gasteiger partial charge >= 0.3 is 0 Å². The number of nitro benzene ring substituents is 1. The summed E-state index contributed by atoms with van der Waals surface area (Å²) in [6.07, 6.45) is 0. The number of anilines is 1. The maximum atomic E-state index is 12.6. The maximum Gasteiger partial charge on any atom is 0.292 e.